The van der Waals surface area contributed by atoms with Crippen LogP contribution in [-0.2, 0) is 28.7 Å². The SMILES string of the molecule is CCc1c(N2CCN(C(=O)c3ncnc(C)c3O)CC2)c(=O)n2nc(-c3ccc(OCCN4CCOCC4)cc3)nc2n1CC(=O)Nc1ccc(C(F)(F)F)cc1Cl. The van der Waals surface area contributed by atoms with Crippen LogP contribution >= 0.6 is 11.6 Å². The molecule has 2 N–H and O–H groups in total. The molecule has 0 aliphatic carbocycles. The second-order valence-corrected chi connectivity index (χ2v) is 14.1. The van der Waals surface area contributed by atoms with Gasteiger partial charge in [-0.3, -0.25) is 19.3 Å². The maximum atomic E-state index is 14.4. The maximum absolute atomic E-state index is 14.4. The van der Waals surface area contributed by atoms with E-state index < -0.39 is 35.7 Å². The Morgan fingerprint density at radius 1 is 1.02 bits per heavy atom. The van der Waals surface area contributed by atoms with Crippen molar-refractivity contribution in [3.8, 4) is 22.9 Å². The fourth-order valence-corrected chi connectivity index (χ4v) is 7.13. The standard InChI is InChI=1S/C38H40ClF3N10O6/c1-3-29-32(49-10-12-50(13-11-49)35(55)31-33(54)23(2)43-22-44-31)36(56)52-37(51(29)21-30(53)45-28-9-6-25(20-27(28)39)38(40,41)42)46-34(47-52)24-4-7-26(8-5-24)58-19-16-48-14-17-57-18-15-48/h4-9,20,22,54H,3,10-19,21H2,1-2H3,(H,45,53). The molecule has 2 saturated heterocycles. The molecule has 20 heteroatoms. The molecular weight excluding hydrogens is 785 g/mol. The van der Waals surface area contributed by atoms with Crippen LogP contribution in [0.5, 0.6) is 11.5 Å². The lowest BCUT2D eigenvalue weighted by molar-refractivity contribution is -0.137. The van der Waals surface area contributed by atoms with Gasteiger partial charge in [0.05, 0.1) is 40.9 Å². The Morgan fingerprint density at radius 2 is 1.74 bits per heavy atom. The maximum Gasteiger partial charge on any atom is 0.416 e. The number of rotatable bonds is 11. The van der Waals surface area contributed by atoms with Gasteiger partial charge in [-0.05, 0) is 55.8 Å². The van der Waals surface area contributed by atoms with Crippen molar-refractivity contribution < 1.29 is 37.3 Å². The number of amides is 2. The van der Waals surface area contributed by atoms with E-state index >= 15 is 0 Å². The topological polar surface area (TPSA) is 173 Å². The molecule has 0 spiro atoms. The van der Waals surface area contributed by atoms with Crippen LogP contribution in [0.3, 0.4) is 0 Å². The largest absolute Gasteiger partial charge is 0.504 e. The van der Waals surface area contributed by atoms with Gasteiger partial charge in [0, 0.05) is 51.4 Å². The molecule has 3 aromatic heterocycles. The summed E-state index contributed by atoms with van der Waals surface area (Å²) in [6.07, 6.45) is -3.16. The summed E-state index contributed by atoms with van der Waals surface area (Å²) >= 11 is 6.16. The van der Waals surface area contributed by atoms with E-state index in [1.807, 2.05) is 6.92 Å². The lowest BCUT2D eigenvalue weighted by Crippen LogP contribution is -2.51. The van der Waals surface area contributed by atoms with Crippen molar-refractivity contribution in [1.82, 2.24) is 38.9 Å². The summed E-state index contributed by atoms with van der Waals surface area (Å²) < 4.78 is 53.9. The van der Waals surface area contributed by atoms with Crippen molar-refractivity contribution in [2.75, 3.05) is 75.9 Å². The first-order chi connectivity index (χ1) is 27.8. The number of aromatic nitrogens is 6. The van der Waals surface area contributed by atoms with Crippen LogP contribution in [0.2, 0.25) is 5.02 Å². The zero-order valence-corrected chi connectivity index (χ0v) is 32.4. The third-order valence-electron chi connectivity index (χ3n) is 10.0. The third-order valence-corrected chi connectivity index (χ3v) is 10.3. The van der Waals surface area contributed by atoms with Crippen molar-refractivity contribution in [3.63, 3.8) is 0 Å². The highest BCUT2D eigenvalue weighted by Crippen LogP contribution is 2.34. The van der Waals surface area contributed by atoms with Crippen LogP contribution in [0, 0.1) is 6.92 Å². The number of nitrogens with one attached hydrogen (secondary N) is 1. The van der Waals surface area contributed by atoms with E-state index in [2.05, 4.69) is 25.3 Å². The van der Waals surface area contributed by atoms with Crippen molar-refractivity contribution in [2.24, 2.45) is 0 Å². The number of alkyl halides is 3. The first kappa shape index (κ1) is 40.4. The first-order valence-corrected chi connectivity index (χ1v) is 19.0. The van der Waals surface area contributed by atoms with Crippen LogP contribution in [0.1, 0.15) is 34.4 Å². The summed E-state index contributed by atoms with van der Waals surface area (Å²) in [6, 6.07) is 9.71. The molecule has 306 valence electrons. The predicted molar refractivity (Wildman–Crippen MR) is 206 cm³/mol. The Hall–Kier alpha value is -5.79. The monoisotopic (exact) mass is 824 g/mol. The average Bonchev–Trinajstić information content (AvgIpc) is 3.67. The van der Waals surface area contributed by atoms with Crippen molar-refractivity contribution in [3.05, 3.63) is 86.8 Å². The number of benzene rings is 2. The zero-order valence-electron chi connectivity index (χ0n) is 31.6. The molecule has 0 bridgehead atoms. The van der Waals surface area contributed by atoms with Gasteiger partial charge in [0.15, 0.2) is 17.3 Å². The number of nitrogens with zero attached hydrogens (tertiary/aromatic N) is 9. The molecule has 2 fully saturated rings. The van der Waals surface area contributed by atoms with Gasteiger partial charge in [-0.15, -0.1) is 5.10 Å². The van der Waals surface area contributed by atoms with Gasteiger partial charge in [-0.1, -0.05) is 18.5 Å². The Morgan fingerprint density at radius 3 is 2.41 bits per heavy atom. The molecule has 0 atom stereocenters. The third kappa shape index (κ3) is 8.56. The molecule has 5 aromatic rings. The minimum Gasteiger partial charge on any atom is -0.504 e. The van der Waals surface area contributed by atoms with Crippen molar-refractivity contribution in [1.29, 1.82) is 0 Å². The molecule has 2 aromatic carbocycles. The summed E-state index contributed by atoms with van der Waals surface area (Å²) in [4.78, 5) is 59.5. The molecule has 0 saturated carbocycles. The number of fused-ring (bicyclic) bond motifs is 1. The minimum absolute atomic E-state index is 0.0323. The fourth-order valence-electron chi connectivity index (χ4n) is 6.90. The Balaban J connectivity index is 1.19. The number of aromatic hydroxyl groups is 1. The van der Waals surface area contributed by atoms with Gasteiger partial charge < -0.3 is 34.3 Å². The number of carbonyl (C=O) groups is 2. The number of halogens is 4. The van der Waals surface area contributed by atoms with Gasteiger partial charge in [-0.2, -0.15) is 22.7 Å². The zero-order chi connectivity index (χ0) is 41.1. The predicted octanol–water partition coefficient (Wildman–Crippen LogP) is 3.91. The highest BCUT2D eigenvalue weighted by molar-refractivity contribution is 6.33. The Kier molecular flexibility index (Phi) is 11.8. The highest BCUT2D eigenvalue weighted by Gasteiger charge is 2.32. The van der Waals surface area contributed by atoms with E-state index in [0.717, 1.165) is 42.3 Å². The quantitative estimate of drug-likeness (QED) is 0.197. The Labute approximate surface area is 334 Å². The van der Waals surface area contributed by atoms with E-state index in [-0.39, 0.29) is 77.7 Å². The summed E-state index contributed by atoms with van der Waals surface area (Å²) in [6.45, 7) is 8.07. The first-order valence-electron chi connectivity index (χ1n) is 18.6. The summed E-state index contributed by atoms with van der Waals surface area (Å²) in [5, 5.41) is 17.3. The van der Waals surface area contributed by atoms with Crippen molar-refractivity contribution >= 4 is 40.6 Å². The van der Waals surface area contributed by atoms with Gasteiger partial charge in [0.2, 0.25) is 11.7 Å². The molecule has 16 nitrogen and oxygen atoms in total. The van der Waals surface area contributed by atoms with Gasteiger partial charge in [0.25, 0.3) is 11.5 Å². The van der Waals surface area contributed by atoms with E-state index in [1.165, 1.54) is 11.2 Å². The normalized spacial score (nSPS) is 15.2. The summed E-state index contributed by atoms with van der Waals surface area (Å²) in [5.74, 6) is -0.543. The molecule has 0 radical (unpaired) electrons. The van der Waals surface area contributed by atoms with Crippen LogP contribution in [0.15, 0.2) is 53.6 Å². The molecule has 2 aliphatic heterocycles. The summed E-state index contributed by atoms with van der Waals surface area (Å²) in [5.41, 5.74) is -0.104. The van der Waals surface area contributed by atoms with Gasteiger partial charge in [0.1, 0.15) is 30.9 Å². The second kappa shape index (κ2) is 17.0. The molecule has 5 heterocycles. The second-order valence-electron chi connectivity index (χ2n) is 13.7. The van der Waals surface area contributed by atoms with Crippen molar-refractivity contribution in [2.45, 2.75) is 33.0 Å². The fraction of sp³-hybridized carbons (Fsp3) is 0.395. The summed E-state index contributed by atoms with van der Waals surface area (Å²) in [7, 11) is 0. The minimum atomic E-state index is -4.63. The number of ether oxygens (including phenoxy) is 2. The molecule has 2 amide bonds. The van der Waals surface area contributed by atoms with Gasteiger partial charge in [-0.25, -0.2) is 9.97 Å². The average molecular weight is 825 g/mol. The number of hydrogen-bond donors (Lipinski definition) is 2. The van der Waals surface area contributed by atoms with Crippen LogP contribution < -0.4 is 20.5 Å². The van der Waals surface area contributed by atoms with Gasteiger partial charge >= 0.3 is 6.18 Å². The van der Waals surface area contributed by atoms with Crippen LogP contribution in [-0.4, -0.2) is 121 Å². The number of hydrogen-bond acceptors (Lipinski definition) is 12. The number of morpholine rings is 1. The van der Waals surface area contributed by atoms with E-state index in [9.17, 15) is 32.7 Å². The van der Waals surface area contributed by atoms with E-state index in [4.69, 9.17) is 26.1 Å². The van der Waals surface area contributed by atoms with Crippen LogP contribution in [0.25, 0.3) is 17.2 Å². The molecular formula is C38H40ClF3N10O6. The number of anilines is 2. The van der Waals surface area contributed by atoms with E-state index in [1.54, 1.807) is 40.7 Å². The molecule has 58 heavy (non-hydrogen) atoms. The molecule has 0 unspecified atom stereocenters. The highest BCUT2D eigenvalue weighted by atomic mass is 35.5. The molecule has 2 aliphatic rings. The molecule has 7 rings (SSSR count). The lowest BCUT2D eigenvalue weighted by Gasteiger charge is -2.36. The lowest BCUT2D eigenvalue weighted by atomic mass is 10.2. The number of aryl methyl sites for hydroxylation is 1. The number of piperazine rings is 1. The Bertz CT molecular complexity index is 2380. The number of carbonyl (C=O) groups excluding carboxylic acids is 2. The van der Waals surface area contributed by atoms with Crippen LogP contribution in [0.4, 0.5) is 24.5 Å². The van der Waals surface area contributed by atoms with E-state index in [0.29, 0.717) is 36.8 Å². The smallest absolute Gasteiger partial charge is 0.416 e.